The van der Waals surface area contributed by atoms with Gasteiger partial charge < -0.3 is 10.1 Å². The van der Waals surface area contributed by atoms with Crippen molar-refractivity contribution in [2.45, 2.75) is 13.3 Å². The number of hydrogen-bond acceptors (Lipinski definition) is 3. The SMILES string of the molecule is C=C(NCC)c1cccc(CC(=O)C2=Cc3ccccc3OC2)c1. The molecular weight excluding hydrogens is 298 g/mol. The van der Waals surface area contributed by atoms with Crippen LogP contribution in [0.5, 0.6) is 5.75 Å². The molecule has 0 amide bonds. The van der Waals surface area contributed by atoms with Crippen molar-refractivity contribution in [3.05, 3.63) is 77.4 Å². The number of Topliss-reactive ketones (excluding diaryl/α,β-unsaturated/α-hetero) is 1. The molecule has 3 heteroatoms. The van der Waals surface area contributed by atoms with E-state index in [4.69, 9.17) is 4.74 Å². The van der Waals surface area contributed by atoms with Crippen molar-refractivity contribution in [3.63, 3.8) is 0 Å². The van der Waals surface area contributed by atoms with Crippen LogP contribution in [0, 0.1) is 0 Å². The molecule has 2 aromatic carbocycles. The molecule has 0 radical (unpaired) electrons. The molecule has 0 saturated heterocycles. The van der Waals surface area contributed by atoms with Crippen molar-refractivity contribution in [2.75, 3.05) is 13.2 Å². The predicted octanol–water partition coefficient (Wildman–Crippen LogP) is 3.85. The van der Waals surface area contributed by atoms with E-state index in [1.807, 2.05) is 61.5 Å². The van der Waals surface area contributed by atoms with E-state index in [9.17, 15) is 4.79 Å². The van der Waals surface area contributed by atoms with Gasteiger partial charge in [-0.25, -0.2) is 0 Å². The molecule has 3 rings (SSSR count). The van der Waals surface area contributed by atoms with Crippen LogP contribution in [0.3, 0.4) is 0 Å². The van der Waals surface area contributed by atoms with Gasteiger partial charge in [-0.2, -0.15) is 0 Å². The van der Waals surface area contributed by atoms with Crippen LogP contribution in [-0.2, 0) is 11.2 Å². The smallest absolute Gasteiger partial charge is 0.166 e. The van der Waals surface area contributed by atoms with E-state index in [1.165, 1.54) is 0 Å². The molecule has 0 atom stereocenters. The summed E-state index contributed by atoms with van der Waals surface area (Å²) in [7, 11) is 0. The number of carbonyl (C=O) groups excluding carboxylic acids is 1. The third kappa shape index (κ3) is 3.57. The van der Waals surface area contributed by atoms with Gasteiger partial charge in [0.25, 0.3) is 0 Å². The maximum atomic E-state index is 12.6. The summed E-state index contributed by atoms with van der Waals surface area (Å²) in [5, 5.41) is 3.21. The van der Waals surface area contributed by atoms with E-state index in [0.717, 1.165) is 34.7 Å². The summed E-state index contributed by atoms with van der Waals surface area (Å²) in [6.45, 7) is 7.21. The Kier molecular flexibility index (Phi) is 4.80. The Labute approximate surface area is 142 Å². The number of ether oxygens (including phenoxy) is 1. The average Bonchev–Trinajstić information content (AvgIpc) is 2.61. The number of hydrogen-bond donors (Lipinski definition) is 1. The third-order valence-corrected chi connectivity index (χ3v) is 4.02. The lowest BCUT2D eigenvalue weighted by Gasteiger charge is -2.17. The summed E-state index contributed by atoms with van der Waals surface area (Å²) in [6.07, 6.45) is 2.30. The molecule has 1 aliphatic rings. The molecule has 3 nitrogen and oxygen atoms in total. The first-order valence-corrected chi connectivity index (χ1v) is 8.15. The minimum Gasteiger partial charge on any atom is -0.488 e. The van der Waals surface area contributed by atoms with Gasteiger partial charge in [-0.1, -0.05) is 43.0 Å². The first kappa shape index (κ1) is 16.1. The van der Waals surface area contributed by atoms with Crippen LogP contribution in [0.25, 0.3) is 11.8 Å². The largest absolute Gasteiger partial charge is 0.488 e. The number of ketones is 1. The molecule has 0 saturated carbocycles. The second-order valence-electron chi connectivity index (χ2n) is 5.81. The zero-order chi connectivity index (χ0) is 16.9. The Bertz CT molecular complexity index is 805. The first-order chi connectivity index (χ1) is 11.7. The Morgan fingerprint density at radius 3 is 2.88 bits per heavy atom. The van der Waals surface area contributed by atoms with Crippen LogP contribution < -0.4 is 10.1 Å². The molecule has 0 spiro atoms. The molecule has 0 aliphatic carbocycles. The van der Waals surface area contributed by atoms with Crippen LogP contribution in [0.1, 0.15) is 23.6 Å². The first-order valence-electron chi connectivity index (χ1n) is 8.15. The van der Waals surface area contributed by atoms with Crippen LogP contribution in [-0.4, -0.2) is 18.9 Å². The quantitative estimate of drug-likeness (QED) is 0.879. The Balaban J connectivity index is 1.75. The summed E-state index contributed by atoms with van der Waals surface area (Å²) in [5.41, 5.74) is 4.55. The molecule has 1 heterocycles. The van der Waals surface area contributed by atoms with Gasteiger partial charge in [0.1, 0.15) is 12.4 Å². The van der Waals surface area contributed by atoms with E-state index in [0.29, 0.717) is 18.6 Å². The lowest BCUT2D eigenvalue weighted by atomic mass is 9.98. The number of para-hydroxylation sites is 1. The maximum absolute atomic E-state index is 12.6. The highest BCUT2D eigenvalue weighted by Crippen LogP contribution is 2.26. The van der Waals surface area contributed by atoms with E-state index < -0.39 is 0 Å². The fraction of sp³-hybridized carbons (Fsp3) is 0.190. The molecule has 2 aromatic rings. The third-order valence-electron chi connectivity index (χ3n) is 4.02. The second kappa shape index (κ2) is 7.18. The molecular formula is C21H21NO2. The second-order valence-corrected chi connectivity index (χ2v) is 5.81. The fourth-order valence-electron chi connectivity index (χ4n) is 2.76. The van der Waals surface area contributed by atoms with Crippen molar-refractivity contribution in [3.8, 4) is 5.75 Å². The highest BCUT2D eigenvalue weighted by atomic mass is 16.5. The topological polar surface area (TPSA) is 38.3 Å². The van der Waals surface area contributed by atoms with Crippen molar-refractivity contribution < 1.29 is 9.53 Å². The van der Waals surface area contributed by atoms with Gasteiger partial charge in [0, 0.05) is 29.8 Å². The van der Waals surface area contributed by atoms with E-state index in [-0.39, 0.29) is 5.78 Å². The summed E-state index contributed by atoms with van der Waals surface area (Å²) in [6, 6.07) is 15.7. The molecule has 0 unspecified atom stereocenters. The maximum Gasteiger partial charge on any atom is 0.166 e. The van der Waals surface area contributed by atoms with Gasteiger partial charge in [0.05, 0.1) is 0 Å². The summed E-state index contributed by atoms with van der Waals surface area (Å²) < 4.78 is 5.68. The highest BCUT2D eigenvalue weighted by molar-refractivity contribution is 6.01. The van der Waals surface area contributed by atoms with Gasteiger partial charge in [0.2, 0.25) is 0 Å². The van der Waals surface area contributed by atoms with Crippen LogP contribution in [0.2, 0.25) is 0 Å². The lowest BCUT2D eigenvalue weighted by Crippen LogP contribution is -2.16. The number of rotatable bonds is 6. The normalized spacial score (nSPS) is 12.6. The van der Waals surface area contributed by atoms with Crippen LogP contribution in [0.4, 0.5) is 0 Å². The van der Waals surface area contributed by atoms with E-state index in [1.54, 1.807) is 0 Å². The molecule has 1 N–H and O–H groups in total. The van der Waals surface area contributed by atoms with Crippen molar-refractivity contribution >= 4 is 17.6 Å². The molecule has 1 aliphatic heterocycles. The standard InChI is InChI=1S/C21H21NO2/c1-3-22-15(2)17-9-6-7-16(11-17)12-20(23)19-13-18-8-4-5-10-21(18)24-14-19/h4-11,13,22H,2-3,12,14H2,1H3. The summed E-state index contributed by atoms with van der Waals surface area (Å²) >= 11 is 0. The predicted molar refractivity (Wildman–Crippen MR) is 97.8 cm³/mol. The number of benzene rings is 2. The monoisotopic (exact) mass is 319 g/mol. The zero-order valence-electron chi connectivity index (χ0n) is 13.8. The van der Waals surface area contributed by atoms with Gasteiger partial charge in [-0.15, -0.1) is 0 Å². The number of fused-ring (bicyclic) bond motifs is 1. The molecule has 0 fully saturated rings. The fourth-order valence-corrected chi connectivity index (χ4v) is 2.76. The number of nitrogens with one attached hydrogen (secondary N) is 1. The van der Waals surface area contributed by atoms with Gasteiger partial charge in [0.15, 0.2) is 5.78 Å². The Morgan fingerprint density at radius 2 is 2.04 bits per heavy atom. The highest BCUT2D eigenvalue weighted by Gasteiger charge is 2.17. The van der Waals surface area contributed by atoms with Gasteiger partial charge in [-0.05, 0) is 36.3 Å². The average molecular weight is 319 g/mol. The minimum absolute atomic E-state index is 0.0933. The van der Waals surface area contributed by atoms with Crippen molar-refractivity contribution in [1.82, 2.24) is 5.32 Å². The Hall–Kier alpha value is -2.81. The molecule has 24 heavy (non-hydrogen) atoms. The molecule has 122 valence electrons. The molecule has 0 aromatic heterocycles. The van der Waals surface area contributed by atoms with E-state index in [2.05, 4.69) is 11.9 Å². The lowest BCUT2D eigenvalue weighted by molar-refractivity contribution is -0.115. The Morgan fingerprint density at radius 1 is 1.21 bits per heavy atom. The van der Waals surface area contributed by atoms with Crippen LogP contribution >= 0.6 is 0 Å². The van der Waals surface area contributed by atoms with Crippen molar-refractivity contribution in [1.29, 1.82) is 0 Å². The number of carbonyl (C=O) groups is 1. The summed E-state index contributed by atoms with van der Waals surface area (Å²) in [4.78, 5) is 12.6. The van der Waals surface area contributed by atoms with Crippen LogP contribution in [0.15, 0.2) is 60.7 Å². The minimum atomic E-state index is 0.0933. The van der Waals surface area contributed by atoms with Gasteiger partial charge in [-0.3, -0.25) is 4.79 Å². The zero-order valence-corrected chi connectivity index (χ0v) is 13.8. The summed E-state index contributed by atoms with van der Waals surface area (Å²) in [5.74, 6) is 0.925. The van der Waals surface area contributed by atoms with Crippen molar-refractivity contribution in [2.24, 2.45) is 0 Å². The van der Waals surface area contributed by atoms with Gasteiger partial charge >= 0.3 is 0 Å². The molecule has 0 bridgehead atoms. The van der Waals surface area contributed by atoms with E-state index >= 15 is 0 Å².